The van der Waals surface area contributed by atoms with Gasteiger partial charge in [0.15, 0.2) is 0 Å². The first kappa shape index (κ1) is 39.3. The Balaban J connectivity index is 0.00000786. The predicted molar refractivity (Wildman–Crippen MR) is 306 cm³/mol. The number of aryl methyl sites for hydroxylation is 2. The van der Waals surface area contributed by atoms with Gasteiger partial charge in [0.25, 0.3) is 0 Å². The molecule has 0 atom stereocenters. The van der Waals surface area contributed by atoms with Gasteiger partial charge in [0.05, 0.1) is 13.7 Å². The average Bonchev–Trinajstić information content (AvgIpc) is 1.44. The molecule has 11 rings (SSSR count). The molecule has 0 bridgehead atoms. The third kappa shape index (κ3) is 9.71. The predicted octanol–water partition coefficient (Wildman–Crippen LogP) is 18.5. The SMILES string of the molecule is [2H]c1c([2H])c([2H])c(-c2cc(-c3cc(C(C)(C)C)cc(-c4c([2H])c([2H])c([2H])c([2H])c4[2H])c3N3[CH-]N(c4[c-]c(Oc5[c-]c6c(cc5CCC)c5cc(CCC)ccc5n6-c5ccccn5)ccc4)c4ccccc43)cc(C(C)(C)C)c2)c([2H])c1[2H].[Pt]. The zero-order chi connectivity index (χ0) is 59.1. The number of hydrogen-bond acceptors (Lipinski definition) is 4. The molecule has 2 aromatic heterocycles. The Bertz CT molecular complexity index is 4190. The van der Waals surface area contributed by atoms with Gasteiger partial charge < -0.3 is 19.1 Å². The van der Waals surface area contributed by atoms with Crippen LogP contribution in [0.2, 0.25) is 0 Å². The van der Waals surface area contributed by atoms with Gasteiger partial charge in [-0.3, -0.25) is 0 Å². The van der Waals surface area contributed by atoms with Gasteiger partial charge in [0.2, 0.25) is 0 Å². The van der Waals surface area contributed by atoms with E-state index in [1.807, 2.05) is 122 Å². The maximum absolute atomic E-state index is 9.51. The maximum atomic E-state index is 9.51. The van der Waals surface area contributed by atoms with Crippen molar-refractivity contribution in [3.05, 3.63) is 223 Å². The average molecular weight is 1160 g/mol. The second-order valence-corrected chi connectivity index (χ2v) is 20.8. The minimum absolute atomic E-state index is 0. The van der Waals surface area contributed by atoms with E-state index in [0.29, 0.717) is 50.8 Å². The summed E-state index contributed by atoms with van der Waals surface area (Å²) in [6.07, 6.45) is 5.40. The number of nitrogens with zero attached hydrogens (tertiary/aromatic N) is 4. The van der Waals surface area contributed by atoms with E-state index in [2.05, 4.69) is 81.7 Å². The van der Waals surface area contributed by atoms with Crippen LogP contribution in [-0.4, -0.2) is 9.55 Å². The molecule has 0 saturated heterocycles. The summed E-state index contributed by atoms with van der Waals surface area (Å²) < 4.78 is 98.7. The van der Waals surface area contributed by atoms with Gasteiger partial charge in [-0.1, -0.05) is 183 Å². The molecule has 5 nitrogen and oxygen atoms in total. The first-order valence-corrected chi connectivity index (χ1v) is 25.2. The molecule has 8 aromatic carbocycles. The standard InChI is InChI=1S/C68H63N4O.Pt/c1-9-22-46-33-34-60-58(36-46)59-40-49(23-10-2)64(44-63(59)72(60)65-32-19-20-35-69-65)73-55-29-21-28-54(43-55)70-45-71(62-31-18-17-30-61(62)70)66-56(48-26-15-12-16-27-48)41-53(68(6,7)8)42-57(66)51-37-50(47-24-13-11-14-25-47)38-52(39-51)67(3,4)5;/h11-21,24-42,45H,9-10,22-23H2,1-8H3;/q-3;/i11D,12D,13D,14D,15D,16D,24D,25D,26D,27D;. The molecule has 10 aromatic rings. The van der Waals surface area contributed by atoms with Gasteiger partial charge in [-0.05, 0) is 110 Å². The van der Waals surface area contributed by atoms with Gasteiger partial charge in [-0.2, -0.15) is 12.1 Å². The normalized spacial score (nSPS) is 14.5. The summed E-state index contributed by atoms with van der Waals surface area (Å²) in [5, 5.41) is 2.19. The van der Waals surface area contributed by atoms with Crippen LogP contribution in [0.5, 0.6) is 11.5 Å². The van der Waals surface area contributed by atoms with E-state index in [9.17, 15) is 2.74 Å². The molecule has 6 heteroatoms. The van der Waals surface area contributed by atoms with E-state index >= 15 is 0 Å². The Labute approximate surface area is 466 Å². The molecular weight excluding hydrogens is 1080 g/mol. The van der Waals surface area contributed by atoms with Crippen molar-refractivity contribution in [1.29, 1.82) is 0 Å². The first-order chi connectivity index (χ1) is 39.5. The van der Waals surface area contributed by atoms with E-state index in [1.165, 1.54) is 5.56 Å². The van der Waals surface area contributed by atoms with Crippen LogP contribution < -0.4 is 14.5 Å². The number of benzene rings is 8. The van der Waals surface area contributed by atoms with Gasteiger partial charge in [0, 0.05) is 72.5 Å². The van der Waals surface area contributed by atoms with E-state index in [1.54, 1.807) is 6.20 Å². The Morgan fingerprint density at radius 2 is 1.24 bits per heavy atom. The number of pyridine rings is 1. The summed E-state index contributed by atoms with van der Waals surface area (Å²) in [5.41, 5.74) is 9.26. The molecule has 0 saturated carbocycles. The minimum Gasteiger partial charge on any atom is -0.509 e. The van der Waals surface area contributed by atoms with Gasteiger partial charge >= 0.3 is 0 Å². The Hall–Kier alpha value is -7.20. The van der Waals surface area contributed by atoms with Crippen LogP contribution >= 0.6 is 0 Å². The molecule has 0 radical (unpaired) electrons. The summed E-state index contributed by atoms with van der Waals surface area (Å²) in [6.45, 7) is 18.5. The molecule has 374 valence electrons. The molecule has 0 amide bonds. The van der Waals surface area contributed by atoms with E-state index in [4.69, 9.17) is 20.7 Å². The molecule has 0 spiro atoms. The molecule has 0 aliphatic carbocycles. The van der Waals surface area contributed by atoms with Crippen LogP contribution in [0.25, 0.3) is 61.0 Å². The smallest absolute Gasteiger partial charge is 0.135 e. The van der Waals surface area contributed by atoms with Crippen LogP contribution in [0, 0.1) is 18.8 Å². The summed E-state index contributed by atoms with van der Waals surface area (Å²) >= 11 is 0. The summed E-state index contributed by atoms with van der Waals surface area (Å²) in [7, 11) is 0. The van der Waals surface area contributed by atoms with E-state index in [0.717, 1.165) is 75.7 Å². The molecule has 0 unspecified atom stereocenters. The summed E-state index contributed by atoms with van der Waals surface area (Å²) in [5.74, 6) is 1.78. The number of aromatic nitrogens is 2. The van der Waals surface area contributed by atoms with Crippen LogP contribution in [0.1, 0.15) is 104 Å². The molecule has 0 fully saturated rings. The monoisotopic (exact) mass is 1160 g/mol. The quantitative estimate of drug-likeness (QED) is 0.114. The number of anilines is 4. The molecule has 0 N–H and O–H groups in total. The van der Waals surface area contributed by atoms with Crippen molar-refractivity contribution in [3.63, 3.8) is 0 Å². The van der Waals surface area contributed by atoms with Crippen molar-refractivity contribution >= 4 is 44.6 Å². The third-order valence-corrected chi connectivity index (χ3v) is 13.6. The molecule has 74 heavy (non-hydrogen) atoms. The van der Waals surface area contributed by atoms with Crippen LogP contribution in [0.15, 0.2) is 182 Å². The van der Waals surface area contributed by atoms with Crippen molar-refractivity contribution in [2.24, 2.45) is 0 Å². The number of rotatable bonds is 12. The Kier molecular flexibility index (Phi) is 10.9. The molecule has 1 aliphatic rings. The number of para-hydroxylation sites is 2. The van der Waals surface area contributed by atoms with Crippen molar-refractivity contribution in [2.45, 2.75) is 91.9 Å². The fraction of sp³-hybridized carbons (Fsp3) is 0.206. The zero-order valence-corrected chi connectivity index (χ0v) is 45.2. The van der Waals surface area contributed by atoms with Gasteiger partial charge in [-0.25, -0.2) is 4.98 Å². The van der Waals surface area contributed by atoms with Crippen molar-refractivity contribution < 1.29 is 39.5 Å². The fourth-order valence-corrected chi connectivity index (χ4v) is 9.88. The maximum Gasteiger partial charge on any atom is 0.135 e. The summed E-state index contributed by atoms with van der Waals surface area (Å²) in [6, 6.07) is 41.0. The number of ether oxygens (including phenoxy) is 1. The van der Waals surface area contributed by atoms with Crippen molar-refractivity contribution in [1.82, 2.24) is 9.55 Å². The van der Waals surface area contributed by atoms with Crippen molar-refractivity contribution in [3.8, 4) is 50.7 Å². The second kappa shape index (κ2) is 20.6. The van der Waals surface area contributed by atoms with Gasteiger partial charge in [-0.15, -0.1) is 47.6 Å². The minimum atomic E-state index is -0.549. The molecular formula is C68H63N4OPt-3. The summed E-state index contributed by atoms with van der Waals surface area (Å²) in [4.78, 5) is 8.76. The number of fused-ring (bicyclic) bond motifs is 4. The number of hydrogen-bond donors (Lipinski definition) is 0. The molecule has 1 aliphatic heterocycles. The van der Waals surface area contributed by atoms with Crippen LogP contribution in [0.3, 0.4) is 0 Å². The zero-order valence-electron chi connectivity index (χ0n) is 53.0. The van der Waals surface area contributed by atoms with Crippen molar-refractivity contribution in [2.75, 3.05) is 9.80 Å². The first-order valence-electron chi connectivity index (χ1n) is 30.2. The Morgan fingerprint density at radius 1 is 0.595 bits per heavy atom. The van der Waals surface area contributed by atoms with Crippen LogP contribution in [0.4, 0.5) is 22.7 Å². The largest absolute Gasteiger partial charge is 0.509 e. The second-order valence-electron chi connectivity index (χ2n) is 20.8. The van der Waals surface area contributed by atoms with Crippen LogP contribution in [-0.2, 0) is 44.7 Å². The Morgan fingerprint density at radius 3 is 1.92 bits per heavy atom. The fourth-order valence-electron chi connectivity index (χ4n) is 9.88. The van der Waals surface area contributed by atoms with E-state index < -0.39 is 47.1 Å². The van der Waals surface area contributed by atoms with Gasteiger partial charge in [0.1, 0.15) is 5.82 Å². The molecule has 3 heterocycles. The topological polar surface area (TPSA) is 33.5 Å². The van der Waals surface area contributed by atoms with E-state index in [-0.39, 0.29) is 56.4 Å². The third-order valence-electron chi connectivity index (χ3n) is 13.6.